The van der Waals surface area contributed by atoms with Crippen LogP contribution in [-0.4, -0.2) is 9.97 Å². The van der Waals surface area contributed by atoms with Gasteiger partial charge in [0, 0.05) is 21.1 Å². The van der Waals surface area contributed by atoms with Crippen molar-refractivity contribution in [1.82, 2.24) is 9.97 Å². The fourth-order valence-electron chi connectivity index (χ4n) is 2.81. The van der Waals surface area contributed by atoms with Gasteiger partial charge in [-0.25, -0.2) is 9.97 Å². The van der Waals surface area contributed by atoms with Crippen LogP contribution in [0.5, 0.6) is 0 Å². The Morgan fingerprint density at radius 2 is 1.80 bits per heavy atom. The summed E-state index contributed by atoms with van der Waals surface area (Å²) in [6, 6.07) is 14.7. The molecule has 2 heterocycles. The molecule has 0 bridgehead atoms. The average Bonchev–Trinajstić information content (AvgIpc) is 3.04. The monoisotopic (exact) mass is 409 g/mol. The van der Waals surface area contributed by atoms with Crippen LogP contribution in [0.2, 0.25) is 0 Å². The number of hydrogen-bond donors (Lipinski definition) is 1. The maximum absolute atomic E-state index is 4.52. The molecule has 0 saturated carbocycles. The van der Waals surface area contributed by atoms with Gasteiger partial charge in [0.1, 0.15) is 17.0 Å². The second-order valence-electron chi connectivity index (χ2n) is 6.00. The third-order valence-electron chi connectivity index (χ3n) is 4.17. The van der Waals surface area contributed by atoms with E-state index in [1.807, 2.05) is 0 Å². The van der Waals surface area contributed by atoms with Gasteiger partial charge in [-0.15, -0.1) is 11.3 Å². The molecule has 0 unspecified atom stereocenters. The van der Waals surface area contributed by atoms with Gasteiger partial charge in [-0.3, -0.25) is 0 Å². The molecule has 4 aromatic rings. The average molecular weight is 410 g/mol. The lowest BCUT2D eigenvalue weighted by molar-refractivity contribution is 1.22. The first-order valence-corrected chi connectivity index (χ1v) is 9.61. The molecule has 0 fully saturated rings. The van der Waals surface area contributed by atoms with Crippen LogP contribution in [0.3, 0.4) is 0 Å². The van der Waals surface area contributed by atoms with Crippen LogP contribution < -0.4 is 5.32 Å². The summed E-state index contributed by atoms with van der Waals surface area (Å²) in [5, 5.41) is 6.73. The highest BCUT2D eigenvalue weighted by atomic mass is 79.9. The molecule has 0 atom stereocenters. The number of aryl methyl sites for hydroxylation is 2. The van der Waals surface area contributed by atoms with E-state index in [0.29, 0.717) is 0 Å². The SMILES string of the molecule is Cc1ccc(C)c(Nc2ncnc3scc(-c4ccc(Br)cc4)c23)c1. The first-order chi connectivity index (χ1) is 12.1. The molecule has 1 N–H and O–H groups in total. The number of aromatic nitrogens is 2. The molecule has 5 heteroatoms. The van der Waals surface area contributed by atoms with E-state index >= 15 is 0 Å². The van der Waals surface area contributed by atoms with Gasteiger partial charge in [-0.2, -0.15) is 0 Å². The minimum atomic E-state index is 0.845. The molecule has 2 aromatic heterocycles. The third kappa shape index (κ3) is 3.17. The van der Waals surface area contributed by atoms with E-state index in [2.05, 4.69) is 92.9 Å². The van der Waals surface area contributed by atoms with Crippen LogP contribution in [0, 0.1) is 13.8 Å². The number of fused-ring (bicyclic) bond motifs is 1. The van der Waals surface area contributed by atoms with Crippen molar-refractivity contribution in [1.29, 1.82) is 0 Å². The smallest absolute Gasteiger partial charge is 0.143 e. The first-order valence-electron chi connectivity index (χ1n) is 7.94. The Balaban J connectivity index is 1.85. The molecule has 4 rings (SSSR count). The maximum Gasteiger partial charge on any atom is 0.143 e. The van der Waals surface area contributed by atoms with E-state index in [-0.39, 0.29) is 0 Å². The molecule has 0 aliphatic carbocycles. The van der Waals surface area contributed by atoms with Gasteiger partial charge >= 0.3 is 0 Å². The summed E-state index contributed by atoms with van der Waals surface area (Å²) < 4.78 is 1.07. The quantitative estimate of drug-likeness (QED) is 0.420. The van der Waals surface area contributed by atoms with Gasteiger partial charge in [0.15, 0.2) is 0 Å². The zero-order valence-corrected chi connectivity index (χ0v) is 16.3. The standard InChI is InChI=1S/C20H16BrN3S/c1-12-3-4-13(2)17(9-12)24-19-18-16(10-25-20(18)23-11-22-19)14-5-7-15(21)8-6-14/h3-11H,1-2H3,(H,22,23,24). The van der Waals surface area contributed by atoms with E-state index in [4.69, 9.17) is 0 Å². The van der Waals surface area contributed by atoms with Crippen LogP contribution in [0.15, 0.2) is 58.6 Å². The largest absolute Gasteiger partial charge is 0.339 e. The number of halogens is 1. The van der Waals surface area contributed by atoms with Gasteiger partial charge in [0.05, 0.1) is 5.39 Å². The first kappa shape index (κ1) is 16.2. The lowest BCUT2D eigenvalue weighted by atomic mass is 10.1. The fraction of sp³-hybridized carbons (Fsp3) is 0.100. The van der Waals surface area contributed by atoms with Gasteiger partial charge in [-0.05, 0) is 48.7 Å². The third-order valence-corrected chi connectivity index (χ3v) is 5.59. The van der Waals surface area contributed by atoms with E-state index < -0.39 is 0 Å². The number of nitrogens with one attached hydrogen (secondary N) is 1. The van der Waals surface area contributed by atoms with Crippen molar-refractivity contribution in [2.75, 3.05) is 5.32 Å². The van der Waals surface area contributed by atoms with Crippen molar-refractivity contribution in [3.63, 3.8) is 0 Å². The highest BCUT2D eigenvalue weighted by Gasteiger charge is 2.14. The predicted octanol–water partition coefficient (Wildman–Crippen LogP) is 6.48. The molecule has 0 amide bonds. The Labute approximate surface area is 158 Å². The predicted molar refractivity (Wildman–Crippen MR) is 110 cm³/mol. The highest BCUT2D eigenvalue weighted by molar-refractivity contribution is 9.10. The van der Waals surface area contributed by atoms with E-state index in [9.17, 15) is 0 Å². The maximum atomic E-state index is 4.52. The van der Waals surface area contributed by atoms with E-state index in [1.54, 1.807) is 17.7 Å². The molecular formula is C20H16BrN3S. The van der Waals surface area contributed by atoms with Crippen LogP contribution in [0.4, 0.5) is 11.5 Å². The van der Waals surface area contributed by atoms with Crippen molar-refractivity contribution in [2.45, 2.75) is 13.8 Å². The zero-order valence-electron chi connectivity index (χ0n) is 13.9. The number of benzene rings is 2. The molecule has 0 spiro atoms. The summed E-state index contributed by atoms with van der Waals surface area (Å²) in [6.07, 6.45) is 1.62. The second kappa shape index (κ2) is 6.58. The summed E-state index contributed by atoms with van der Waals surface area (Å²) in [6.45, 7) is 4.20. The Bertz CT molecular complexity index is 1050. The summed E-state index contributed by atoms with van der Waals surface area (Å²) in [5.74, 6) is 0.845. The van der Waals surface area contributed by atoms with Gasteiger partial charge in [-0.1, -0.05) is 40.2 Å². The molecule has 0 aliphatic heterocycles. The normalized spacial score (nSPS) is 11.0. The zero-order chi connectivity index (χ0) is 17.4. The Morgan fingerprint density at radius 3 is 2.60 bits per heavy atom. The minimum absolute atomic E-state index is 0.845. The molecule has 3 nitrogen and oxygen atoms in total. The van der Waals surface area contributed by atoms with Crippen LogP contribution in [0.25, 0.3) is 21.3 Å². The Kier molecular flexibility index (Phi) is 4.27. The summed E-state index contributed by atoms with van der Waals surface area (Å²) in [5.41, 5.74) is 5.80. The molecule has 0 radical (unpaired) electrons. The molecule has 25 heavy (non-hydrogen) atoms. The van der Waals surface area contributed by atoms with Gasteiger partial charge < -0.3 is 5.32 Å². The lowest BCUT2D eigenvalue weighted by Crippen LogP contribution is -1.98. The van der Waals surface area contributed by atoms with Crippen LogP contribution in [0.1, 0.15) is 11.1 Å². The van der Waals surface area contributed by atoms with Crippen molar-refractivity contribution < 1.29 is 0 Å². The second-order valence-corrected chi connectivity index (χ2v) is 7.78. The van der Waals surface area contributed by atoms with Crippen molar-refractivity contribution in [3.8, 4) is 11.1 Å². The molecule has 0 aliphatic rings. The number of nitrogens with zero attached hydrogens (tertiary/aromatic N) is 2. The highest BCUT2D eigenvalue weighted by Crippen LogP contribution is 2.38. The van der Waals surface area contributed by atoms with Crippen molar-refractivity contribution in [3.05, 3.63) is 69.8 Å². The van der Waals surface area contributed by atoms with Crippen molar-refractivity contribution >= 4 is 49.0 Å². The molecular weight excluding hydrogens is 394 g/mol. The van der Waals surface area contributed by atoms with E-state index in [0.717, 1.165) is 37.3 Å². The van der Waals surface area contributed by atoms with Crippen LogP contribution >= 0.6 is 27.3 Å². The van der Waals surface area contributed by atoms with E-state index in [1.165, 1.54) is 11.1 Å². The molecule has 2 aromatic carbocycles. The van der Waals surface area contributed by atoms with Crippen LogP contribution in [-0.2, 0) is 0 Å². The fourth-order valence-corrected chi connectivity index (χ4v) is 3.99. The topological polar surface area (TPSA) is 37.8 Å². The lowest BCUT2D eigenvalue weighted by Gasteiger charge is -2.11. The summed E-state index contributed by atoms with van der Waals surface area (Å²) >= 11 is 5.14. The minimum Gasteiger partial charge on any atom is -0.339 e. The number of thiophene rings is 1. The summed E-state index contributed by atoms with van der Waals surface area (Å²) in [7, 11) is 0. The van der Waals surface area contributed by atoms with Gasteiger partial charge in [0.2, 0.25) is 0 Å². The number of anilines is 2. The Hall–Kier alpha value is -2.24. The number of hydrogen-bond acceptors (Lipinski definition) is 4. The molecule has 0 saturated heterocycles. The Morgan fingerprint density at radius 1 is 1.00 bits per heavy atom. The molecule has 124 valence electrons. The summed E-state index contributed by atoms with van der Waals surface area (Å²) in [4.78, 5) is 9.96. The van der Waals surface area contributed by atoms with Crippen molar-refractivity contribution in [2.24, 2.45) is 0 Å². The van der Waals surface area contributed by atoms with Gasteiger partial charge in [0.25, 0.3) is 0 Å². The number of rotatable bonds is 3.